The second-order valence-electron chi connectivity index (χ2n) is 4.58. The van der Waals surface area contributed by atoms with Gasteiger partial charge in [0.1, 0.15) is 0 Å². The second kappa shape index (κ2) is 8.58. The molecule has 1 radical (unpaired) electrons. The molecule has 0 atom stereocenters. The molecule has 0 aliphatic rings. The maximum atomic E-state index is 10.5. The van der Waals surface area contributed by atoms with Crippen molar-refractivity contribution in [3.63, 3.8) is 0 Å². The van der Waals surface area contributed by atoms with Crippen molar-refractivity contribution in [1.82, 2.24) is 0 Å². The standard InChI is InChI=1S/2C7H8O3S.Cu/c2*1-6-2-4-7(5-3-6)11(8,9)10;/h2*2-5H,1H3,(H,8,9,10);. The maximum Gasteiger partial charge on any atom is 0.294 e. The normalized spacial score (nSPS) is 11.0. The van der Waals surface area contributed by atoms with E-state index >= 15 is 0 Å². The van der Waals surface area contributed by atoms with Crippen molar-refractivity contribution in [1.29, 1.82) is 0 Å². The Kier molecular flexibility index (Phi) is 8.13. The quantitative estimate of drug-likeness (QED) is 0.584. The summed E-state index contributed by atoms with van der Waals surface area (Å²) in [6, 6.07) is 12.0. The zero-order chi connectivity index (χ0) is 17.0. The molecule has 0 fully saturated rings. The van der Waals surface area contributed by atoms with Crippen LogP contribution < -0.4 is 0 Å². The van der Waals surface area contributed by atoms with Crippen LogP contribution in [0.15, 0.2) is 58.3 Å². The van der Waals surface area contributed by atoms with E-state index in [4.69, 9.17) is 9.11 Å². The Hall–Kier alpha value is -1.22. The molecule has 6 nitrogen and oxygen atoms in total. The SMILES string of the molecule is Cc1ccc(S(=O)(=O)O)cc1.Cc1ccc(S(=O)(=O)O)cc1.[Cu]. The van der Waals surface area contributed by atoms with E-state index in [1.165, 1.54) is 24.3 Å². The Morgan fingerprint density at radius 1 is 0.609 bits per heavy atom. The number of hydrogen-bond acceptors (Lipinski definition) is 4. The first-order valence-electron chi connectivity index (χ1n) is 6.08. The average molecular weight is 408 g/mol. The molecule has 0 spiro atoms. The fraction of sp³-hybridized carbons (Fsp3) is 0.143. The zero-order valence-corrected chi connectivity index (χ0v) is 14.8. The molecule has 0 unspecified atom stereocenters. The van der Waals surface area contributed by atoms with Gasteiger partial charge < -0.3 is 0 Å². The summed E-state index contributed by atoms with van der Waals surface area (Å²) in [7, 11) is -8.04. The first-order valence-corrected chi connectivity index (χ1v) is 8.96. The zero-order valence-electron chi connectivity index (χ0n) is 12.3. The van der Waals surface area contributed by atoms with Gasteiger partial charge in [-0.25, -0.2) is 0 Å². The van der Waals surface area contributed by atoms with E-state index in [2.05, 4.69) is 0 Å². The second-order valence-corrected chi connectivity index (χ2v) is 7.42. The predicted molar refractivity (Wildman–Crippen MR) is 82.0 cm³/mol. The van der Waals surface area contributed by atoms with E-state index in [0.29, 0.717) is 0 Å². The molecule has 2 aromatic carbocycles. The summed E-state index contributed by atoms with van der Waals surface area (Å²) in [5.74, 6) is 0. The molecule has 2 rings (SSSR count). The van der Waals surface area contributed by atoms with E-state index in [0.717, 1.165) is 11.1 Å². The van der Waals surface area contributed by atoms with Crippen LogP contribution in [0.2, 0.25) is 0 Å². The summed E-state index contributed by atoms with van der Waals surface area (Å²) in [6.07, 6.45) is 0. The van der Waals surface area contributed by atoms with Gasteiger partial charge in [-0.15, -0.1) is 0 Å². The largest absolute Gasteiger partial charge is 0.294 e. The Bertz CT molecular complexity index is 752. The summed E-state index contributed by atoms with van der Waals surface area (Å²) in [5, 5.41) is 0. The molecule has 2 aromatic rings. The molecule has 0 saturated heterocycles. The first kappa shape index (κ1) is 21.8. The predicted octanol–water partition coefficient (Wildman–Crippen LogP) is 2.48. The number of aryl methyl sites for hydroxylation is 2. The monoisotopic (exact) mass is 407 g/mol. The molecule has 0 bridgehead atoms. The molecular formula is C14H16CuO6S2. The van der Waals surface area contributed by atoms with Gasteiger partial charge in [0, 0.05) is 17.1 Å². The Labute approximate surface area is 146 Å². The molecule has 0 aliphatic heterocycles. The Morgan fingerprint density at radius 3 is 1.00 bits per heavy atom. The Balaban J connectivity index is 0.000000403. The van der Waals surface area contributed by atoms with Crippen molar-refractivity contribution in [2.45, 2.75) is 23.6 Å². The minimum atomic E-state index is -4.02. The van der Waals surface area contributed by atoms with Crippen LogP contribution in [0.25, 0.3) is 0 Å². The van der Waals surface area contributed by atoms with Crippen LogP contribution in [0.1, 0.15) is 11.1 Å². The third-order valence-electron chi connectivity index (χ3n) is 2.64. The topological polar surface area (TPSA) is 109 Å². The van der Waals surface area contributed by atoms with Gasteiger partial charge in [-0.3, -0.25) is 9.11 Å². The molecule has 0 heterocycles. The van der Waals surface area contributed by atoms with Gasteiger partial charge >= 0.3 is 0 Å². The van der Waals surface area contributed by atoms with E-state index in [1.807, 2.05) is 13.8 Å². The van der Waals surface area contributed by atoms with Crippen LogP contribution in [-0.4, -0.2) is 25.9 Å². The summed E-state index contributed by atoms with van der Waals surface area (Å²) in [6.45, 7) is 3.68. The average Bonchev–Trinajstić information content (AvgIpc) is 2.38. The van der Waals surface area contributed by atoms with Crippen LogP contribution in [0, 0.1) is 13.8 Å². The summed E-state index contributed by atoms with van der Waals surface area (Å²) in [5.41, 5.74) is 1.91. The minimum Gasteiger partial charge on any atom is -0.282 e. The van der Waals surface area contributed by atoms with Crippen molar-refractivity contribution in [3.8, 4) is 0 Å². The van der Waals surface area contributed by atoms with Gasteiger partial charge in [0.05, 0.1) is 9.79 Å². The van der Waals surface area contributed by atoms with Gasteiger partial charge in [-0.1, -0.05) is 35.4 Å². The van der Waals surface area contributed by atoms with Crippen LogP contribution in [0.5, 0.6) is 0 Å². The fourth-order valence-corrected chi connectivity index (χ4v) is 2.38. The first-order chi connectivity index (χ1) is 10.00. The third kappa shape index (κ3) is 7.74. The van der Waals surface area contributed by atoms with Gasteiger partial charge in [-0.05, 0) is 38.1 Å². The van der Waals surface area contributed by atoms with Crippen LogP contribution >= 0.6 is 0 Å². The Morgan fingerprint density at radius 2 is 0.826 bits per heavy atom. The number of rotatable bonds is 2. The van der Waals surface area contributed by atoms with E-state index in [9.17, 15) is 16.8 Å². The maximum absolute atomic E-state index is 10.5. The summed E-state index contributed by atoms with van der Waals surface area (Å²) in [4.78, 5) is -0.133. The molecule has 9 heteroatoms. The summed E-state index contributed by atoms with van der Waals surface area (Å²) < 4.78 is 59.1. The molecule has 23 heavy (non-hydrogen) atoms. The fourth-order valence-electron chi connectivity index (χ4n) is 1.42. The van der Waals surface area contributed by atoms with Gasteiger partial charge in [0.2, 0.25) is 0 Å². The van der Waals surface area contributed by atoms with Crippen molar-refractivity contribution in [3.05, 3.63) is 59.7 Å². The molecule has 0 saturated carbocycles. The van der Waals surface area contributed by atoms with Gasteiger partial charge in [0.25, 0.3) is 20.2 Å². The van der Waals surface area contributed by atoms with E-state index in [1.54, 1.807) is 24.3 Å². The van der Waals surface area contributed by atoms with Crippen molar-refractivity contribution >= 4 is 20.2 Å². The molecule has 0 aliphatic carbocycles. The summed E-state index contributed by atoms with van der Waals surface area (Å²) >= 11 is 0. The van der Waals surface area contributed by atoms with Crippen LogP contribution in [0.3, 0.4) is 0 Å². The van der Waals surface area contributed by atoms with E-state index < -0.39 is 20.2 Å². The molecule has 0 aromatic heterocycles. The number of benzene rings is 2. The molecular weight excluding hydrogens is 392 g/mol. The van der Waals surface area contributed by atoms with Gasteiger partial charge in [0.15, 0.2) is 0 Å². The minimum absolute atomic E-state index is 0. The molecule has 131 valence electrons. The van der Waals surface area contributed by atoms with Crippen LogP contribution in [-0.2, 0) is 37.3 Å². The smallest absolute Gasteiger partial charge is 0.282 e. The van der Waals surface area contributed by atoms with Crippen molar-refractivity contribution < 1.29 is 43.0 Å². The number of hydrogen-bond donors (Lipinski definition) is 2. The molecule has 0 amide bonds. The molecule has 2 N–H and O–H groups in total. The van der Waals surface area contributed by atoms with Crippen molar-refractivity contribution in [2.24, 2.45) is 0 Å². The van der Waals surface area contributed by atoms with Crippen molar-refractivity contribution in [2.75, 3.05) is 0 Å². The third-order valence-corrected chi connectivity index (χ3v) is 4.37. The van der Waals surface area contributed by atoms with Crippen LogP contribution in [0.4, 0.5) is 0 Å². The van der Waals surface area contributed by atoms with E-state index in [-0.39, 0.29) is 26.9 Å². The van der Waals surface area contributed by atoms with Gasteiger partial charge in [-0.2, -0.15) is 16.8 Å².